The summed E-state index contributed by atoms with van der Waals surface area (Å²) in [4.78, 5) is 0. The lowest BCUT2D eigenvalue weighted by molar-refractivity contribution is 0.468. The van der Waals surface area contributed by atoms with Gasteiger partial charge in [0.1, 0.15) is 0 Å². The van der Waals surface area contributed by atoms with Crippen molar-refractivity contribution in [1.29, 1.82) is 0 Å². The van der Waals surface area contributed by atoms with Crippen molar-refractivity contribution < 1.29 is 12.9 Å². The number of benzene rings is 1. The van der Waals surface area contributed by atoms with E-state index >= 15 is 0 Å². The molecule has 0 aliphatic rings. The molecule has 0 aliphatic heterocycles. The molecular weight excluding hydrogens is 176 g/mol. The van der Waals surface area contributed by atoms with E-state index in [1.54, 1.807) is 12.1 Å². The Morgan fingerprint density at radius 3 is 2.54 bits per heavy atom. The van der Waals surface area contributed by atoms with Crippen molar-refractivity contribution in [3.63, 3.8) is 0 Å². The molecule has 0 spiro atoms. The monoisotopic (exact) mass is 185 g/mol. The third-order valence-electron chi connectivity index (χ3n) is 1.65. The van der Waals surface area contributed by atoms with Crippen LogP contribution in [-0.4, -0.2) is 6.98 Å². The molecule has 0 bridgehead atoms. The van der Waals surface area contributed by atoms with Gasteiger partial charge in [0, 0.05) is 0 Å². The van der Waals surface area contributed by atoms with Crippen LogP contribution in [0.4, 0.5) is 12.9 Å². The molecular formula is C9H9BF3-. The molecule has 4 heteroatoms. The Balaban J connectivity index is 2.84. The van der Waals surface area contributed by atoms with E-state index in [0.717, 1.165) is 5.56 Å². The fraction of sp³-hybridized carbons (Fsp3) is 0.111. The van der Waals surface area contributed by atoms with E-state index in [2.05, 4.69) is 6.58 Å². The molecule has 0 radical (unpaired) electrons. The second-order valence-electron chi connectivity index (χ2n) is 2.86. The lowest BCUT2D eigenvalue weighted by Gasteiger charge is -2.13. The van der Waals surface area contributed by atoms with E-state index in [1.807, 2.05) is 0 Å². The highest BCUT2D eigenvalue weighted by atomic mass is 19.4. The van der Waals surface area contributed by atoms with Crippen molar-refractivity contribution in [2.45, 2.75) is 6.32 Å². The van der Waals surface area contributed by atoms with Gasteiger partial charge >= 0.3 is 6.98 Å². The Morgan fingerprint density at radius 1 is 1.31 bits per heavy atom. The first-order chi connectivity index (χ1) is 6.01. The number of hydrogen-bond acceptors (Lipinski definition) is 0. The van der Waals surface area contributed by atoms with Crippen LogP contribution in [0.3, 0.4) is 0 Å². The Bertz CT molecular complexity index is 304. The first-order valence-corrected chi connectivity index (χ1v) is 3.93. The minimum atomic E-state index is -4.74. The molecule has 0 heterocycles. The van der Waals surface area contributed by atoms with Gasteiger partial charge < -0.3 is 12.9 Å². The number of halogens is 3. The summed E-state index contributed by atoms with van der Waals surface area (Å²) in [6.07, 6.45) is 0.717. The number of hydrogen-bond donors (Lipinski definition) is 0. The second kappa shape index (κ2) is 3.68. The molecule has 0 aliphatic carbocycles. The van der Waals surface area contributed by atoms with Crippen LogP contribution in [0.25, 0.3) is 6.08 Å². The maximum absolute atomic E-state index is 12.0. The van der Waals surface area contributed by atoms with Gasteiger partial charge in [-0.2, -0.15) is 0 Å². The van der Waals surface area contributed by atoms with Gasteiger partial charge in [0.15, 0.2) is 0 Å². The average molecular weight is 185 g/mol. The van der Waals surface area contributed by atoms with Crippen molar-refractivity contribution >= 4 is 13.1 Å². The van der Waals surface area contributed by atoms with Crippen LogP contribution in [0, 0.1) is 0 Å². The molecule has 0 unspecified atom stereocenters. The van der Waals surface area contributed by atoms with Crippen molar-refractivity contribution in [3.8, 4) is 0 Å². The highest BCUT2D eigenvalue weighted by molar-refractivity contribution is 6.57. The molecule has 1 rings (SSSR count). The minimum absolute atomic E-state index is 0.296. The lowest BCUT2D eigenvalue weighted by atomic mass is 9.81. The topological polar surface area (TPSA) is 0 Å². The summed E-state index contributed by atoms with van der Waals surface area (Å²) in [7, 11) is 0. The molecule has 0 saturated carbocycles. The molecule has 1 aromatic rings. The molecule has 0 N–H and O–H groups in total. The molecule has 13 heavy (non-hydrogen) atoms. The summed E-state index contributed by atoms with van der Waals surface area (Å²) in [5.74, 6) is 0. The third kappa shape index (κ3) is 3.36. The molecule has 1 aromatic carbocycles. The molecule has 0 amide bonds. The van der Waals surface area contributed by atoms with Crippen LogP contribution in [0.2, 0.25) is 0 Å². The zero-order chi connectivity index (χ0) is 9.90. The maximum Gasteiger partial charge on any atom is 0.482 e. The average Bonchev–Trinajstić information content (AvgIpc) is 2.01. The van der Waals surface area contributed by atoms with Crippen LogP contribution in [0.1, 0.15) is 11.1 Å². The van der Waals surface area contributed by atoms with E-state index in [9.17, 15) is 12.9 Å². The predicted octanol–water partition coefficient (Wildman–Crippen LogP) is 3.26. The number of rotatable bonds is 3. The second-order valence-corrected chi connectivity index (χ2v) is 2.86. The highest BCUT2D eigenvalue weighted by Crippen LogP contribution is 2.17. The first-order valence-electron chi connectivity index (χ1n) is 3.93. The maximum atomic E-state index is 12.0. The standard InChI is InChI=1S/C9H9BF3/c1-2-8-4-3-5-9(6-8)7-10(11,12)13/h2-6H,1,7H2/q-1. The van der Waals surface area contributed by atoms with E-state index < -0.39 is 13.3 Å². The Morgan fingerprint density at radius 2 is 2.00 bits per heavy atom. The molecule has 0 aromatic heterocycles. The van der Waals surface area contributed by atoms with Gasteiger partial charge in [0.05, 0.1) is 0 Å². The zero-order valence-electron chi connectivity index (χ0n) is 7.01. The summed E-state index contributed by atoms with van der Waals surface area (Å²) in [6, 6.07) is 6.30. The minimum Gasteiger partial charge on any atom is -0.449 e. The summed E-state index contributed by atoms with van der Waals surface area (Å²) in [6.45, 7) is -1.24. The van der Waals surface area contributed by atoms with Gasteiger partial charge in [-0.05, 0) is 5.56 Å². The summed E-state index contributed by atoms with van der Waals surface area (Å²) in [5, 5.41) is 0. The SMILES string of the molecule is C=Cc1cccc(C[B-](F)(F)F)c1. The third-order valence-corrected chi connectivity index (χ3v) is 1.65. The predicted molar refractivity (Wildman–Crippen MR) is 49.3 cm³/mol. The van der Waals surface area contributed by atoms with Crippen molar-refractivity contribution in [3.05, 3.63) is 42.0 Å². The van der Waals surface area contributed by atoms with Gasteiger partial charge in [-0.3, -0.25) is 0 Å². The Labute approximate surface area is 75.1 Å². The summed E-state index contributed by atoms with van der Waals surface area (Å²) < 4.78 is 36.0. The normalized spacial score (nSPS) is 11.3. The van der Waals surface area contributed by atoms with E-state index in [4.69, 9.17) is 0 Å². The fourth-order valence-electron chi connectivity index (χ4n) is 1.11. The van der Waals surface area contributed by atoms with Crippen LogP contribution < -0.4 is 0 Å². The van der Waals surface area contributed by atoms with Gasteiger partial charge in [0.25, 0.3) is 0 Å². The van der Waals surface area contributed by atoms with Crippen LogP contribution in [0.15, 0.2) is 30.8 Å². The van der Waals surface area contributed by atoms with Gasteiger partial charge in [-0.25, -0.2) is 0 Å². The fourth-order valence-corrected chi connectivity index (χ4v) is 1.11. The van der Waals surface area contributed by atoms with Crippen LogP contribution in [0.5, 0.6) is 0 Å². The molecule has 0 saturated heterocycles. The smallest absolute Gasteiger partial charge is 0.449 e. The first kappa shape index (κ1) is 9.90. The van der Waals surface area contributed by atoms with Gasteiger partial charge in [-0.15, -0.1) is 0 Å². The molecule has 0 fully saturated rings. The molecule has 0 nitrogen and oxygen atoms in total. The largest absolute Gasteiger partial charge is 0.482 e. The van der Waals surface area contributed by atoms with E-state index in [-0.39, 0.29) is 0 Å². The highest BCUT2D eigenvalue weighted by Gasteiger charge is 2.22. The van der Waals surface area contributed by atoms with Crippen LogP contribution in [-0.2, 0) is 6.32 Å². The summed E-state index contributed by atoms with van der Waals surface area (Å²) >= 11 is 0. The Hall–Kier alpha value is -1.19. The van der Waals surface area contributed by atoms with Crippen LogP contribution >= 0.6 is 0 Å². The van der Waals surface area contributed by atoms with E-state index in [1.165, 1.54) is 18.2 Å². The van der Waals surface area contributed by atoms with Crippen molar-refractivity contribution in [2.75, 3.05) is 0 Å². The zero-order valence-corrected chi connectivity index (χ0v) is 7.01. The van der Waals surface area contributed by atoms with E-state index in [0.29, 0.717) is 5.56 Å². The quantitative estimate of drug-likeness (QED) is 0.634. The molecule has 0 atom stereocenters. The van der Waals surface area contributed by atoms with Crippen molar-refractivity contribution in [1.82, 2.24) is 0 Å². The van der Waals surface area contributed by atoms with Gasteiger partial charge in [0.2, 0.25) is 0 Å². The summed E-state index contributed by atoms with van der Waals surface area (Å²) in [5.41, 5.74) is 1.02. The van der Waals surface area contributed by atoms with Crippen molar-refractivity contribution in [2.24, 2.45) is 0 Å². The van der Waals surface area contributed by atoms with Gasteiger partial charge in [-0.1, -0.05) is 48.8 Å². The lowest BCUT2D eigenvalue weighted by Crippen LogP contribution is -2.19. The Kier molecular flexibility index (Phi) is 2.81. The molecule has 70 valence electrons.